The van der Waals surface area contributed by atoms with Crippen LogP contribution in [-0.4, -0.2) is 65.4 Å². The van der Waals surface area contributed by atoms with E-state index in [4.69, 9.17) is 0 Å². The molecule has 2 saturated heterocycles. The van der Waals surface area contributed by atoms with E-state index in [2.05, 4.69) is 9.88 Å². The molecule has 1 aromatic rings. The zero-order chi connectivity index (χ0) is 16.9. The minimum atomic E-state index is -0.257. The molecule has 0 radical (unpaired) electrons. The second-order valence-corrected chi connectivity index (χ2v) is 6.45. The van der Waals surface area contributed by atoms with Crippen LogP contribution in [0.1, 0.15) is 32.6 Å². The Labute approximate surface area is 143 Å². The van der Waals surface area contributed by atoms with Gasteiger partial charge in [-0.15, -0.1) is 0 Å². The molecule has 2 fully saturated rings. The van der Waals surface area contributed by atoms with Crippen LogP contribution >= 0.6 is 0 Å². The van der Waals surface area contributed by atoms with Crippen LogP contribution in [0.3, 0.4) is 0 Å². The molecule has 130 valence electrons. The molecule has 6 heteroatoms. The van der Waals surface area contributed by atoms with Gasteiger partial charge in [0.2, 0.25) is 11.8 Å². The van der Waals surface area contributed by atoms with Crippen molar-refractivity contribution in [3.63, 3.8) is 0 Å². The molecule has 0 N–H and O–H groups in total. The third kappa shape index (κ3) is 3.52. The second kappa shape index (κ2) is 7.64. The zero-order valence-electron chi connectivity index (χ0n) is 14.4. The smallest absolute Gasteiger partial charge is 0.245 e. The quantitative estimate of drug-likeness (QED) is 0.843. The summed E-state index contributed by atoms with van der Waals surface area (Å²) in [5, 5.41) is 0. The number of rotatable bonds is 3. The Bertz CT molecular complexity index is 570. The Morgan fingerprint density at radius 3 is 2.58 bits per heavy atom. The maximum absolute atomic E-state index is 12.9. The number of likely N-dealkylation sites (tertiary alicyclic amines) is 1. The fourth-order valence-corrected chi connectivity index (χ4v) is 3.60. The van der Waals surface area contributed by atoms with Gasteiger partial charge < -0.3 is 14.7 Å². The number of anilines is 1. The molecule has 2 aliphatic heterocycles. The Kier molecular flexibility index (Phi) is 5.33. The molecule has 0 aliphatic carbocycles. The van der Waals surface area contributed by atoms with Crippen molar-refractivity contribution in [2.75, 3.05) is 37.6 Å². The van der Waals surface area contributed by atoms with Crippen molar-refractivity contribution in [3.8, 4) is 0 Å². The first-order chi connectivity index (χ1) is 11.7. The molecule has 1 unspecified atom stereocenters. The molecule has 0 aromatic carbocycles. The molecule has 2 amide bonds. The summed E-state index contributed by atoms with van der Waals surface area (Å²) in [5.74, 6) is 1.18. The number of aromatic nitrogens is 1. The van der Waals surface area contributed by atoms with Gasteiger partial charge in [-0.1, -0.05) is 13.0 Å². The van der Waals surface area contributed by atoms with Crippen molar-refractivity contribution in [3.05, 3.63) is 24.4 Å². The number of nitrogens with zero attached hydrogens (tertiary/aromatic N) is 4. The largest absolute Gasteiger partial charge is 0.353 e. The zero-order valence-corrected chi connectivity index (χ0v) is 14.4. The number of amides is 2. The van der Waals surface area contributed by atoms with E-state index in [1.54, 1.807) is 11.1 Å². The molecule has 2 aliphatic rings. The fraction of sp³-hybridized carbons (Fsp3) is 0.611. The van der Waals surface area contributed by atoms with E-state index in [-0.39, 0.29) is 17.9 Å². The molecule has 6 nitrogen and oxygen atoms in total. The van der Waals surface area contributed by atoms with Gasteiger partial charge in [-0.2, -0.15) is 0 Å². The van der Waals surface area contributed by atoms with Crippen LogP contribution in [0.2, 0.25) is 0 Å². The van der Waals surface area contributed by atoms with Gasteiger partial charge in [-0.25, -0.2) is 4.98 Å². The topological polar surface area (TPSA) is 56.8 Å². The third-order valence-corrected chi connectivity index (χ3v) is 4.98. The van der Waals surface area contributed by atoms with E-state index >= 15 is 0 Å². The van der Waals surface area contributed by atoms with Crippen LogP contribution in [0, 0.1) is 0 Å². The van der Waals surface area contributed by atoms with E-state index in [0.717, 1.165) is 44.7 Å². The van der Waals surface area contributed by atoms with Crippen LogP contribution in [0.15, 0.2) is 24.4 Å². The Balaban J connectivity index is 1.61. The molecule has 0 spiro atoms. The van der Waals surface area contributed by atoms with Crippen LogP contribution in [0.4, 0.5) is 5.82 Å². The minimum absolute atomic E-state index is 0.0974. The van der Waals surface area contributed by atoms with Gasteiger partial charge in [0.15, 0.2) is 0 Å². The van der Waals surface area contributed by atoms with E-state index in [9.17, 15) is 9.59 Å². The number of hydrogen-bond donors (Lipinski definition) is 0. The molecule has 0 saturated carbocycles. The molecular weight excluding hydrogens is 304 g/mol. The highest BCUT2D eigenvalue weighted by Crippen LogP contribution is 2.21. The van der Waals surface area contributed by atoms with Crippen molar-refractivity contribution in [1.82, 2.24) is 14.8 Å². The highest BCUT2D eigenvalue weighted by atomic mass is 16.2. The molecule has 3 heterocycles. The van der Waals surface area contributed by atoms with Gasteiger partial charge in [0.25, 0.3) is 0 Å². The first-order valence-electron chi connectivity index (χ1n) is 8.95. The average Bonchev–Trinajstić information content (AvgIpc) is 2.67. The van der Waals surface area contributed by atoms with Crippen molar-refractivity contribution >= 4 is 17.6 Å². The van der Waals surface area contributed by atoms with Gasteiger partial charge in [0, 0.05) is 45.3 Å². The van der Waals surface area contributed by atoms with Crippen LogP contribution < -0.4 is 4.90 Å². The average molecular weight is 330 g/mol. The number of carbonyl (C=O) groups is 2. The Morgan fingerprint density at radius 2 is 1.92 bits per heavy atom. The summed E-state index contributed by atoms with van der Waals surface area (Å²) in [5.41, 5.74) is 0. The minimum Gasteiger partial charge on any atom is -0.353 e. The number of piperidine rings is 1. The SMILES string of the molecule is CCC(=O)N1CCCCC1C(=O)N1CCN(c2ccccn2)CC1. The first-order valence-corrected chi connectivity index (χ1v) is 8.95. The summed E-state index contributed by atoms with van der Waals surface area (Å²) >= 11 is 0. The standard InChI is InChI=1S/C18H26N4O2/c1-2-17(23)22-10-6-4-7-15(22)18(24)21-13-11-20(12-14-21)16-8-3-5-9-19-16/h3,5,8-9,15H,2,4,6-7,10-14H2,1H3. The Morgan fingerprint density at radius 1 is 1.12 bits per heavy atom. The number of pyridine rings is 1. The van der Waals surface area contributed by atoms with Crippen molar-refractivity contribution in [1.29, 1.82) is 0 Å². The summed E-state index contributed by atoms with van der Waals surface area (Å²) in [6, 6.07) is 5.63. The summed E-state index contributed by atoms with van der Waals surface area (Å²) < 4.78 is 0. The van der Waals surface area contributed by atoms with E-state index in [0.29, 0.717) is 19.5 Å². The molecule has 1 aromatic heterocycles. The monoisotopic (exact) mass is 330 g/mol. The van der Waals surface area contributed by atoms with Gasteiger partial charge >= 0.3 is 0 Å². The van der Waals surface area contributed by atoms with Crippen molar-refractivity contribution < 1.29 is 9.59 Å². The Hall–Kier alpha value is -2.11. The van der Waals surface area contributed by atoms with Crippen LogP contribution in [-0.2, 0) is 9.59 Å². The highest BCUT2D eigenvalue weighted by molar-refractivity contribution is 5.88. The summed E-state index contributed by atoms with van der Waals surface area (Å²) in [7, 11) is 0. The number of piperazine rings is 1. The summed E-state index contributed by atoms with van der Waals surface area (Å²) in [6.07, 6.45) is 5.09. The maximum Gasteiger partial charge on any atom is 0.245 e. The predicted molar refractivity (Wildman–Crippen MR) is 92.7 cm³/mol. The lowest BCUT2D eigenvalue weighted by molar-refractivity contribution is -0.147. The van der Waals surface area contributed by atoms with Crippen molar-refractivity contribution in [2.24, 2.45) is 0 Å². The summed E-state index contributed by atoms with van der Waals surface area (Å²) in [4.78, 5) is 35.4. The molecule has 0 bridgehead atoms. The van der Waals surface area contributed by atoms with E-state index in [1.165, 1.54) is 0 Å². The van der Waals surface area contributed by atoms with Crippen LogP contribution in [0.5, 0.6) is 0 Å². The number of hydrogen-bond acceptors (Lipinski definition) is 4. The van der Waals surface area contributed by atoms with Gasteiger partial charge in [0.1, 0.15) is 11.9 Å². The summed E-state index contributed by atoms with van der Waals surface area (Å²) in [6.45, 7) is 5.55. The van der Waals surface area contributed by atoms with Crippen molar-refractivity contribution in [2.45, 2.75) is 38.6 Å². The first kappa shape index (κ1) is 16.7. The molecule has 1 atom stereocenters. The third-order valence-electron chi connectivity index (χ3n) is 4.98. The lowest BCUT2D eigenvalue weighted by atomic mass is 10.00. The predicted octanol–water partition coefficient (Wildman–Crippen LogP) is 1.52. The molecule has 24 heavy (non-hydrogen) atoms. The van der Waals surface area contributed by atoms with Gasteiger partial charge in [-0.3, -0.25) is 9.59 Å². The maximum atomic E-state index is 12.9. The lowest BCUT2D eigenvalue weighted by Gasteiger charge is -2.41. The molecule has 3 rings (SSSR count). The second-order valence-electron chi connectivity index (χ2n) is 6.45. The van der Waals surface area contributed by atoms with E-state index in [1.807, 2.05) is 30.0 Å². The lowest BCUT2D eigenvalue weighted by Crippen LogP contribution is -2.57. The van der Waals surface area contributed by atoms with Gasteiger partial charge in [-0.05, 0) is 31.4 Å². The molecular formula is C18H26N4O2. The fourth-order valence-electron chi connectivity index (χ4n) is 3.60. The van der Waals surface area contributed by atoms with Crippen LogP contribution in [0.25, 0.3) is 0 Å². The van der Waals surface area contributed by atoms with E-state index < -0.39 is 0 Å². The normalized spacial score (nSPS) is 21.7. The number of carbonyl (C=O) groups excluding carboxylic acids is 2. The highest BCUT2D eigenvalue weighted by Gasteiger charge is 2.35. The van der Waals surface area contributed by atoms with Gasteiger partial charge in [0.05, 0.1) is 0 Å².